The molecule has 0 saturated heterocycles. The average Bonchev–Trinajstić information content (AvgIpc) is 2.37. The summed E-state index contributed by atoms with van der Waals surface area (Å²) in [5, 5.41) is 0. The Morgan fingerprint density at radius 1 is 1.00 bits per heavy atom. The second kappa shape index (κ2) is 23.2. The molecule has 0 aromatic heterocycles. The van der Waals surface area contributed by atoms with Gasteiger partial charge in [0.15, 0.2) is 0 Å². The average molecular weight is 451 g/mol. The fourth-order valence-corrected chi connectivity index (χ4v) is 4.82. The van der Waals surface area contributed by atoms with Crippen molar-refractivity contribution in [3.05, 3.63) is 0 Å². The zero-order valence-corrected chi connectivity index (χ0v) is 18.7. The molecule has 7 heteroatoms. The van der Waals surface area contributed by atoms with Crippen molar-refractivity contribution < 1.29 is 18.6 Å². The van der Waals surface area contributed by atoms with Crippen molar-refractivity contribution in [3.63, 3.8) is 0 Å². The van der Waals surface area contributed by atoms with Crippen molar-refractivity contribution in [2.45, 2.75) is 68.9 Å². The number of thiocarbonyl (C=S) groups is 2. The van der Waals surface area contributed by atoms with E-state index in [0.717, 1.165) is 5.92 Å². The van der Waals surface area contributed by atoms with Crippen molar-refractivity contribution in [2.75, 3.05) is 0 Å². The molecule has 0 fully saturated rings. The van der Waals surface area contributed by atoms with Gasteiger partial charge in [0.25, 0.3) is 0 Å². The number of unbranched alkanes of at least 4 members (excludes halogenated alkanes) is 2. The molecule has 1 atom stereocenters. The quantitative estimate of drug-likeness (QED) is 0.234. The Balaban J connectivity index is -0.000000334. The largest absolute Gasteiger partial charge is 0.415 e. The Labute approximate surface area is 162 Å². The second-order valence-electron chi connectivity index (χ2n) is 4.48. The molecular weight excluding hydrogens is 420 g/mol. The van der Waals surface area contributed by atoms with E-state index in [0.29, 0.717) is 18.6 Å². The summed E-state index contributed by atoms with van der Waals surface area (Å²) in [6.45, 7) is 6.98. The minimum Gasteiger partial charge on any atom is -0.415 e. The van der Waals surface area contributed by atoms with Crippen LogP contribution in [-0.4, -0.2) is 8.64 Å². The predicted octanol–water partition coefficient (Wildman–Crippen LogP) is 4.48. The molecule has 0 rings (SSSR count). The summed E-state index contributed by atoms with van der Waals surface area (Å²) in [5.41, 5.74) is 9.31. The normalized spacial score (nSPS) is 10.2. The molecule has 0 radical (unpaired) electrons. The topological polar surface area (TPSA) is 52.0 Å². The first-order valence-corrected chi connectivity index (χ1v) is 11.8. The molecule has 0 heterocycles. The van der Waals surface area contributed by atoms with Gasteiger partial charge in [0.05, 0.1) is 0 Å². The molecule has 21 heavy (non-hydrogen) atoms. The van der Waals surface area contributed by atoms with Crippen LogP contribution in [-0.2, 0) is 43.8 Å². The van der Waals surface area contributed by atoms with Crippen LogP contribution in [0.4, 0.5) is 0 Å². The summed E-state index contributed by atoms with van der Waals surface area (Å²) in [7, 11) is 0. The van der Waals surface area contributed by atoms with E-state index in [4.69, 9.17) is 0 Å². The molecule has 0 aliphatic carbocycles. The van der Waals surface area contributed by atoms with Gasteiger partial charge in [-0.1, -0.05) is 8.64 Å². The van der Waals surface area contributed by atoms with Crippen molar-refractivity contribution in [1.29, 1.82) is 0 Å². The standard InChI is InChI=1S/C8H17.C4H9.2CH3NS2.Mo/c1-4-6-7-8(3)5-2;1-3-4-2;2*2-1(3)4;/h8H,3-7H2,1-2H3;1,3-4H2,2H3;2*(H3,2,3,4);/q;;;;+2/p-2. The molecule has 0 saturated carbocycles. The second-order valence-corrected chi connectivity index (χ2v) is 9.59. The molecule has 0 aromatic rings. The maximum absolute atomic E-state index is 4.66. The van der Waals surface area contributed by atoms with Gasteiger partial charge in [-0.05, 0) is 0 Å². The third-order valence-electron chi connectivity index (χ3n) is 2.54. The van der Waals surface area contributed by atoms with Gasteiger partial charge in [-0.25, -0.2) is 0 Å². The predicted molar refractivity (Wildman–Crippen MR) is 106 cm³/mol. The summed E-state index contributed by atoms with van der Waals surface area (Å²) in [6.07, 6.45) is 8.66. The van der Waals surface area contributed by atoms with E-state index >= 15 is 0 Å². The van der Waals surface area contributed by atoms with Gasteiger partial charge in [0.1, 0.15) is 0 Å². The molecule has 4 N–H and O–H groups in total. The van der Waals surface area contributed by atoms with Gasteiger partial charge in [-0.15, -0.1) is 0 Å². The van der Waals surface area contributed by atoms with Gasteiger partial charge in [0.2, 0.25) is 0 Å². The molecule has 0 aliphatic heterocycles. The molecule has 126 valence electrons. The van der Waals surface area contributed by atoms with Crippen LogP contribution in [0.3, 0.4) is 0 Å². The zero-order valence-electron chi connectivity index (χ0n) is 13.4. The summed E-state index contributed by atoms with van der Waals surface area (Å²) in [4.78, 5) is 3.20. The van der Waals surface area contributed by atoms with Gasteiger partial charge in [-0.2, -0.15) is 0 Å². The first-order valence-electron chi connectivity index (χ1n) is 7.32. The fraction of sp³-hybridized carbons (Fsp3) is 0.857. The van der Waals surface area contributed by atoms with Crippen LogP contribution < -0.4 is 11.5 Å². The maximum atomic E-state index is 4.66. The van der Waals surface area contributed by atoms with Crippen LogP contribution in [0.15, 0.2) is 0 Å². The minimum atomic E-state index is 0.0833. The van der Waals surface area contributed by atoms with Crippen LogP contribution in [0, 0.1) is 5.92 Å². The van der Waals surface area contributed by atoms with E-state index in [9.17, 15) is 0 Å². The number of nitrogens with two attached hydrogens (primary N) is 2. The number of hydrogen-bond donors (Lipinski definition) is 2. The van der Waals surface area contributed by atoms with Gasteiger partial charge in [-0.3, -0.25) is 0 Å². The summed E-state index contributed by atoms with van der Waals surface area (Å²) < 4.78 is 0.167. The van der Waals surface area contributed by atoms with E-state index in [1.54, 1.807) is 9.62 Å². The number of hydrogen-bond acceptors (Lipinski definition) is 4. The van der Waals surface area contributed by atoms with Gasteiger partial charge in [0, 0.05) is 0 Å². The van der Waals surface area contributed by atoms with Crippen LogP contribution in [0.25, 0.3) is 0 Å². The SMILES string of the molecule is CCC[CH2][Mo+2][CH2]C(CC)CCCC.NC(=S)[S-].NC(=S)[S-]. The molecule has 0 aliphatic rings. The third kappa shape index (κ3) is 44.9. The molecule has 0 bridgehead atoms. The molecule has 1 unspecified atom stereocenters. The zero-order chi connectivity index (χ0) is 17.1. The third-order valence-corrected chi connectivity index (χ3v) is 5.70. The van der Waals surface area contributed by atoms with Crippen LogP contribution in [0.5, 0.6) is 0 Å². The Morgan fingerprint density at radius 2 is 1.43 bits per heavy atom. The van der Waals surface area contributed by atoms with Crippen molar-refractivity contribution in [2.24, 2.45) is 17.4 Å². The van der Waals surface area contributed by atoms with Gasteiger partial charge < -0.3 is 61.2 Å². The Kier molecular flexibility index (Phi) is 29.6. The molecule has 0 aromatic carbocycles. The summed E-state index contributed by atoms with van der Waals surface area (Å²) in [5.74, 6) is 1.08. The van der Waals surface area contributed by atoms with Gasteiger partial charge >= 0.3 is 93.4 Å². The number of rotatable bonds is 9. The summed E-state index contributed by atoms with van der Waals surface area (Å²) >= 11 is 16.9. The van der Waals surface area contributed by atoms with Crippen LogP contribution in [0.1, 0.15) is 59.3 Å². The first-order chi connectivity index (χ1) is 9.81. The van der Waals surface area contributed by atoms with E-state index < -0.39 is 0 Å². The van der Waals surface area contributed by atoms with E-state index in [2.05, 4.69) is 81.9 Å². The molecule has 0 spiro atoms. The van der Waals surface area contributed by atoms with Crippen LogP contribution >= 0.6 is 24.4 Å². The van der Waals surface area contributed by atoms with Crippen molar-refractivity contribution >= 4 is 58.3 Å². The van der Waals surface area contributed by atoms with E-state index in [-0.39, 0.29) is 8.64 Å². The Hall–Kier alpha value is 0.908. The Bertz CT molecular complexity index is 221. The van der Waals surface area contributed by atoms with Crippen molar-refractivity contribution in [1.82, 2.24) is 0 Å². The smallest absolute Gasteiger partial charge is 0.0708 e. The molecule has 2 nitrogen and oxygen atoms in total. The molecule has 0 amide bonds. The summed E-state index contributed by atoms with van der Waals surface area (Å²) in [6, 6.07) is 0. The maximum Gasteiger partial charge on any atom is -0.0708 e. The van der Waals surface area contributed by atoms with E-state index in [1.807, 2.05) is 0 Å². The van der Waals surface area contributed by atoms with Crippen molar-refractivity contribution in [3.8, 4) is 0 Å². The monoisotopic (exact) mass is 452 g/mol. The fourth-order valence-electron chi connectivity index (χ4n) is 1.39. The minimum absolute atomic E-state index is 0.0833. The van der Waals surface area contributed by atoms with Crippen LogP contribution in [0.2, 0.25) is 9.62 Å². The Morgan fingerprint density at radius 3 is 1.76 bits per heavy atom. The molecular formula is C14H30MoN2S4. The van der Waals surface area contributed by atoms with E-state index in [1.165, 1.54) is 38.5 Å². The first kappa shape index (κ1) is 26.8.